The summed E-state index contributed by atoms with van der Waals surface area (Å²) in [5.41, 5.74) is 6.41. The normalized spacial score (nSPS) is 11.5. The van der Waals surface area contributed by atoms with Crippen molar-refractivity contribution < 1.29 is 9.47 Å². The van der Waals surface area contributed by atoms with Crippen LogP contribution in [-0.4, -0.2) is 24.2 Å². The highest BCUT2D eigenvalue weighted by Crippen LogP contribution is 2.21. The molecule has 0 aliphatic heterocycles. The van der Waals surface area contributed by atoms with Gasteiger partial charge in [0.2, 0.25) is 5.88 Å². The van der Waals surface area contributed by atoms with Crippen molar-refractivity contribution in [2.75, 3.05) is 13.7 Å². The van der Waals surface area contributed by atoms with E-state index in [0.717, 1.165) is 18.5 Å². The highest BCUT2D eigenvalue weighted by Gasteiger charge is 2.25. The van der Waals surface area contributed by atoms with Gasteiger partial charge in [-0.25, -0.2) is 4.98 Å². The van der Waals surface area contributed by atoms with E-state index < -0.39 is 0 Å². The minimum absolute atomic E-state index is 0.231. The van der Waals surface area contributed by atoms with Crippen molar-refractivity contribution in [2.45, 2.75) is 38.9 Å². The van der Waals surface area contributed by atoms with E-state index in [9.17, 15) is 0 Å². The summed E-state index contributed by atoms with van der Waals surface area (Å²) in [6.45, 7) is 5.19. The molecule has 0 fully saturated rings. The molecule has 1 aromatic rings. The largest absolute Gasteiger partial charge is 0.481 e. The summed E-state index contributed by atoms with van der Waals surface area (Å²) in [5.74, 6) is 0.609. The van der Waals surface area contributed by atoms with Crippen LogP contribution in [0.4, 0.5) is 0 Å². The van der Waals surface area contributed by atoms with Crippen LogP contribution in [0.25, 0.3) is 0 Å². The maximum Gasteiger partial charge on any atom is 0.213 e. The Morgan fingerprint density at radius 2 is 2.00 bits per heavy atom. The molecule has 1 aromatic heterocycles. The van der Waals surface area contributed by atoms with Gasteiger partial charge in [-0.15, -0.1) is 0 Å². The molecule has 0 aliphatic carbocycles. The van der Waals surface area contributed by atoms with E-state index in [1.54, 1.807) is 7.11 Å². The van der Waals surface area contributed by atoms with E-state index >= 15 is 0 Å². The van der Waals surface area contributed by atoms with E-state index in [0.29, 0.717) is 19.0 Å². The molecule has 2 N–H and O–H groups in total. The molecule has 0 spiro atoms. The van der Waals surface area contributed by atoms with Crippen LogP contribution in [0.1, 0.15) is 32.4 Å². The molecule has 0 saturated heterocycles. The molecular weight excluding hydrogens is 216 g/mol. The van der Waals surface area contributed by atoms with Gasteiger partial charge in [-0.1, -0.05) is 19.9 Å². The third-order valence-corrected chi connectivity index (χ3v) is 3.18. The first-order chi connectivity index (χ1) is 8.19. The Balaban J connectivity index is 2.65. The molecule has 0 radical (unpaired) electrons. The van der Waals surface area contributed by atoms with Crippen LogP contribution in [0.5, 0.6) is 5.88 Å². The van der Waals surface area contributed by atoms with Gasteiger partial charge in [0.1, 0.15) is 0 Å². The SMILES string of the molecule is CCC(CC)(CN)OCc1cccc(OC)n1. The van der Waals surface area contributed by atoms with Gasteiger partial charge >= 0.3 is 0 Å². The Morgan fingerprint density at radius 3 is 2.53 bits per heavy atom. The summed E-state index contributed by atoms with van der Waals surface area (Å²) >= 11 is 0. The number of aromatic nitrogens is 1. The topological polar surface area (TPSA) is 57.4 Å². The van der Waals surface area contributed by atoms with E-state index in [1.165, 1.54) is 0 Å². The maximum absolute atomic E-state index is 5.92. The van der Waals surface area contributed by atoms with Gasteiger partial charge in [-0.3, -0.25) is 0 Å². The van der Waals surface area contributed by atoms with Crippen LogP contribution in [0.3, 0.4) is 0 Å². The third kappa shape index (κ3) is 3.68. The van der Waals surface area contributed by atoms with Gasteiger partial charge in [-0.2, -0.15) is 0 Å². The van der Waals surface area contributed by atoms with Gasteiger partial charge in [0.25, 0.3) is 0 Å². The molecule has 1 heterocycles. The maximum atomic E-state index is 5.92. The van der Waals surface area contributed by atoms with Crippen molar-refractivity contribution in [3.05, 3.63) is 23.9 Å². The first kappa shape index (κ1) is 13.9. The Morgan fingerprint density at radius 1 is 1.29 bits per heavy atom. The highest BCUT2D eigenvalue weighted by atomic mass is 16.5. The zero-order chi connectivity index (χ0) is 12.7. The second-order valence-corrected chi connectivity index (χ2v) is 4.05. The van der Waals surface area contributed by atoms with E-state index in [1.807, 2.05) is 18.2 Å². The van der Waals surface area contributed by atoms with Crippen molar-refractivity contribution in [3.63, 3.8) is 0 Å². The van der Waals surface area contributed by atoms with Crippen LogP contribution in [0, 0.1) is 0 Å². The van der Waals surface area contributed by atoms with Crippen molar-refractivity contribution in [1.82, 2.24) is 4.98 Å². The molecule has 0 amide bonds. The Bertz CT molecular complexity index is 330. The first-order valence-corrected chi connectivity index (χ1v) is 6.03. The van der Waals surface area contributed by atoms with Crippen LogP contribution < -0.4 is 10.5 Å². The van der Waals surface area contributed by atoms with Gasteiger partial charge in [-0.05, 0) is 18.9 Å². The molecule has 17 heavy (non-hydrogen) atoms. The molecule has 0 aromatic carbocycles. The number of ether oxygens (including phenoxy) is 2. The van der Waals surface area contributed by atoms with E-state index in [2.05, 4.69) is 18.8 Å². The average Bonchev–Trinajstić information content (AvgIpc) is 2.41. The Hall–Kier alpha value is -1.13. The minimum Gasteiger partial charge on any atom is -0.481 e. The fourth-order valence-corrected chi connectivity index (χ4v) is 1.68. The number of pyridine rings is 1. The predicted octanol–water partition coefficient (Wildman–Crippen LogP) is 2.12. The molecule has 4 heteroatoms. The van der Waals surface area contributed by atoms with E-state index in [-0.39, 0.29) is 5.60 Å². The van der Waals surface area contributed by atoms with E-state index in [4.69, 9.17) is 15.2 Å². The first-order valence-electron chi connectivity index (χ1n) is 6.03. The lowest BCUT2D eigenvalue weighted by atomic mass is 9.97. The fraction of sp³-hybridized carbons (Fsp3) is 0.615. The van der Waals surface area contributed by atoms with Crippen molar-refractivity contribution in [1.29, 1.82) is 0 Å². The summed E-state index contributed by atoms with van der Waals surface area (Å²) in [6, 6.07) is 5.65. The second kappa shape index (κ2) is 6.57. The summed E-state index contributed by atoms with van der Waals surface area (Å²) in [4.78, 5) is 4.31. The van der Waals surface area contributed by atoms with Gasteiger partial charge in [0.15, 0.2) is 0 Å². The summed E-state index contributed by atoms with van der Waals surface area (Å²) < 4.78 is 11.0. The van der Waals surface area contributed by atoms with Crippen molar-refractivity contribution in [3.8, 4) is 5.88 Å². The monoisotopic (exact) mass is 238 g/mol. The Labute approximate surface area is 103 Å². The Kier molecular flexibility index (Phi) is 5.38. The van der Waals surface area contributed by atoms with Crippen LogP contribution in [-0.2, 0) is 11.3 Å². The van der Waals surface area contributed by atoms with Crippen molar-refractivity contribution in [2.24, 2.45) is 5.73 Å². The lowest BCUT2D eigenvalue weighted by Crippen LogP contribution is -2.39. The lowest BCUT2D eigenvalue weighted by molar-refractivity contribution is -0.0566. The van der Waals surface area contributed by atoms with Gasteiger partial charge in [0.05, 0.1) is 25.0 Å². The molecule has 96 valence electrons. The second-order valence-electron chi connectivity index (χ2n) is 4.05. The smallest absolute Gasteiger partial charge is 0.213 e. The summed E-state index contributed by atoms with van der Waals surface area (Å²) in [6.07, 6.45) is 1.81. The molecule has 0 aliphatic rings. The number of nitrogens with zero attached hydrogens (tertiary/aromatic N) is 1. The number of methoxy groups -OCH3 is 1. The third-order valence-electron chi connectivity index (χ3n) is 3.18. The summed E-state index contributed by atoms with van der Waals surface area (Å²) in [5, 5.41) is 0. The predicted molar refractivity (Wildman–Crippen MR) is 67.9 cm³/mol. The number of hydrogen-bond acceptors (Lipinski definition) is 4. The van der Waals surface area contributed by atoms with Gasteiger partial charge < -0.3 is 15.2 Å². The number of rotatable bonds is 7. The molecular formula is C13H22N2O2. The zero-order valence-corrected chi connectivity index (χ0v) is 10.9. The molecule has 0 bridgehead atoms. The quantitative estimate of drug-likeness (QED) is 0.790. The molecule has 0 saturated carbocycles. The van der Waals surface area contributed by atoms with Crippen LogP contribution in [0.15, 0.2) is 18.2 Å². The standard InChI is InChI=1S/C13H22N2O2/c1-4-13(5-2,10-14)17-9-11-7-6-8-12(15-11)16-3/h6-8H,4-5,9-10,14H2,1-3H3. The molecule has 0 unspecified atom stereocenters. The molecule has 1 rings (SSSR count). The number of nitrogens with two attached hydrogens (primary N) is 1. The highest BCUT2D eigenvalue weighted by molar-refractivity contribution is 5.15. The van der Waals surface area contributed by atoms with Crippen molar-refractivity contribution >= 4 is 0 Å². The molecule has 4 nitrogen and oxygen atoms in total. The number of hydrogen-bond donors (Lipinski definition) is 1. The lowest BCUT2D eigenvalue weighted by Gasteiger charge is -2.30. The molecule has 0 atom stereocenters. The minimum atomic E-state index is -0.231. The zero-order valence-electron chi connectivity index (χ0n) is 10.9. The van der Waals surface area contributed by atoms with Crippen LogP contribution in [0.2, 0.25) is 0 Å². The van der Waals surface area contributed by atoms with Gasteiger partial charge in [0, 0.05) is 12.6 Å². The summed E-state index contributed by atoms with van der Waals surface area (Å²) in [7, 11) is 1.61. The van der Waals surface area contributed by atoms with Crippen LogP contribution >= 0.6 is 0 Å². The fourth-order valence-electron chi connectivity index (χ4n) is 1.68. The average molecular weight is 238 g/mol.